The van der Waals surface area contributed by atoms with Crippen LogP contribution in [0.5, 0.6) is 11.5 Å². The highest BCUT2D eigenvalue weighted by Gasteiger charge is 2.25. The third-order valence-corrected chi connectivity index (χ3v) is 3.67. The van der Waals surface area contributed by atoms with Crippen LogP contribution in [-0.2, 0) is 0 Å². The molecule has 1 amide bonds. The maximum absolute atomic E-state index is 12.2. The Morgan fingerprint density at radius 2 is 2.16 bits per heavy atom. The van der Waals surface area contributed by atoms with E-state index < -0.39 is 0 Å². The van der Waals surface area contributed by atoms with Crippen molar-refractivity contribution in [2.24, 2.45) is 0 Å². The topological polar surface area (TPSA) is 47.6 Å². The van der Waals surface area contributed by atoms with Crippen LogP contribution in [-0.4, -0.2) is 24.1 Å². The van der Waals surface area contributed by atoms with Crippen molar-refractivity contribution in [1.82, 2.24) is 5.32 Å². The van der Waals surface area contributed by atoms with Gasteiger partial charge in [-0.2, -0.15) is 0 Å². The normalized spacial score (nSPS) is 15.9. The molecule has 0 saturated heterocycles. The van der Waals surface area contributed by atoms with Gasteiger partial charge >= 0.3 is 0 Å². The fourth-order valence-corrected chi connectivity index (χ4v) is 2.34. The molecule has 1 N–H and O–H groups in total. The van der Waals surface area contributed by atoms with Crippen LogP contribution in [0.4, 0.5) is 0 Å². The van der Waals surface area contributed by atoms with Crippen molar-refractivity contribution >= 4 is 17.5 Å². The van der Waals surface area contributed by atoms with E-state index in [1.807, 2.05) is 13.8 Å². The second-order valence-corrected chi connectivity index (χ2v) is 5.25. The Hall–Kier alpha value is -1.42. The summed E-state index contributed by atoms with van der Waals surface area (Å²) in [4.78, 5) is 12.2. The van der Waals surface area contributed by atoms with Crippen LogP contribution in [0, 0.1) is 0 Å². The van der Waals surface area contributed by atoms with E-state index in [1.165, 1.54) is 0 Å². The van der Waals surface area contributed by atoms with Crippen LogP contribution >= 0.6 is 11.6 Å². The van der Waals surface area contributed by atoms with E-state index in [4.69, 9.17) is 21.1 Å². The van der Waals surface area contributed by atoms with E-state index in [0.717, 1.165) is 12.8 Å². The molecule has 0 radical (unpaired) electrons. The number of nitrogens with one attached hydrogen (secondary N) is 1. The van der Waals surface area contributed by atoms with E-state index >= 15 is 0 Å². The van der Waals surface area contributed by atoms with Gasteiger partial charge in [-0.25, -0.2) is 0 Å². The molecule has 1 aromatic carbocycles. The summed E-state index contributed by atoms with van der Waals surface area (Å²) in [5, 5.41) is 3.03. The molecule has 0 saturated carbocycles. The first-order valence-corrected chi connectivity index (χ1v) is 6.89. The fraction of sp³-hybridized carbons (Fsp3) is 0.500. The summed E-state index contributed by atoms with van der Waals surface area (Å²) in [5.74, 6) is 1.69. The Bertz CT molecular complexity index is 478. The number of hydrogen-bond acceptors (Lipinski definition) is 3. The van der Waals surface area contributed by atoms with Crippen molar-refractivity contribution < 1.29 is 14.3 Å². The molecule has 1 unspecified atom stereocenters. The van der Waals surface area contributed by atoms with Gasteiger partial charge in [0.25, 0.3) is 5.91 Å². The van der Waals surface area contributed by atoms with Gasteiger partial charge in [-0.15, -0.1) is 11.6 Å². The molecule has 1 atom stereocenters. The van der Waals surface area contributed by atoms with Crippen LogP contribution in [0.25, 0.3) is 0 Å². The van der Waals surface area contributed by atoms with Gasteiger partial charge in [-0.3, -0.25) is 4.79 Å². The van der Waals surface area contributed by atoms with Gasteiger partial charge in [-0.05, 0) is 38.0 Å². The number of amides is 1. The van der Waals surface area contributed by atoms with Gasteiger partial charge in [-0.1, -0.05) is 6.92 Å². The first-order chi connectivity index (χ1) is 9.08. The highest BCUT2D eigenvalue weighted by molar-refractivity contribution is 6.17. The standard InChI is InChI=1S/C14H18ClNO3/c1-3-14(2,6-7-15)16-13(17)10-4-5-11-12(8-10)19-9-18-11/h4-5,8H,3,6-7,9H2,1-2H3,(H,16,17). The molecule has 1 aromatic rings. The molecule has 0 fully saturated rings. The summed E-state index contributed by atoms with van der Waals surface area (Å²) in [6.45, 7) is 4.24. The zero-order valence-electron chi connectivity index (χ0n) is 11.2. The molecular weight excluding hydrogens is 266 g/mol. The smallest absolute Gasteiger partial charge is 0.251 e. The Morgan fingerprint density at radius 1 is 1.42 bits per heavy atom. The van der Waals surface area contributed by atoms with E-state index in [-0.39, 0.29) is 18.2 Å². The van der Waals surface area contributed by atoms with Crippen molar-refractivity contribution in [2.45, 2.75) is 32.2 Å². The average Bonchev–Trinajstić information content (AvgIpc) is 2.86. The Morgan fingerprint density at radius 3 is 2.84 bits per heavy atom. The maximum Gasteiger partial charge on any atom is 0.251 e. The fourth-order valence-electron chi connectivity index (χ4n) is 1.92. The van der Waals surface area contributed by atoms with Crippen LogP contribution in [0.1, 0.15) is 37.0 Å². The molecule has 5 heteroatoms. The van der Waals surface area contributed by atoms with Crippen LogP contribution in [0.2, 0.25) is 0 Å². The number of rotatable bonds is 5. The predicted molar refractivity (Wildman–Crippen MR) is 74.1 cm³/mol. The molecule has 0 aliphatic carbocycles. The van der Waals surface area contributed by atoms with Gasteiger partial charge in [0.2, 0.25) is 6.79 Å². The van der Waals surface area contributed by atoms with Gasteiger partial charge in [0.05, 0.1) is 0 Å². The number of fused-ring (bicyclic) bond motifs is 1. The SMILES string of the molecule is CCC(C)(CCCl)NC(=O)c1ccc2c(c1)OCO2. The minimum atomic E-state index is -0.283. The van der Waals surface area contributed by atoms with Crippen LogP contribution in [0.3, 0.4) is 0 Å². The lowest BCUT2D eigenvalue weighted by molar-refractivity contribution is 0.0901. The monoisotopic (exact) mass is 283 g/mol. The van der Waals surface area contributed by atoms with Crippen molar-refractivity contribution in [2.75, 3.05) is 12.7 Å². The lowest BCUT2D eigenvalue weighted by Crippen LogP contribution is -2.45. The second kappa shape index (κ2) is 5.70. The van der Waals surface area contributed by atoms with Crippen molar-refractivity contribution in [3.8, 4) is 11.5 Å². The van der Waals surface area contributed by atoms with Gasteiger partial charge < -0.3 is 14.8 Å². The maximum atomic E-state index is 12.2. The summed E-state index contributed by atoms with van der Waals surface area (Å²) < 4.78 is 10.5. The van der Waals surface area contributed by atoms with Gasteiger partial charge in [0.15, 0.2) is 11.5 Å². The largest absolute Gasteiger partial charge is 0.454 e. The molecular formula is C14H18ClNO3. The first-order valence-electron chi connectivity index (χ1n) is 6.36. The van der Waals surface area contributed by atoms with Gasteiger partial charge in [0.1, 0.15) is 0 Å². The molecule has 0 spiro atoms. The van der Waals surface area contributed by atoms with E-state index in [1.54, 1.807) is 18.2 Å². The molecule has 1 aliphatic heterocycles. The predicted octanol–water partition coefficient (Wildman–Crippen LogP) is 2.94. The van der Waals surface area contributed by atoms with Crippen LogP contribution in [0.15, 0.2) is 18.2 Å². The van der Waals surface area contributed by atoms with E-state index in [9.17, 15) is 4.79 Å². The number of carbonyl (C=O) groups is 1. The third-order valence-electron chi connectivity index (χ3n) is 3.48. The number of carbonyl (C=O) groups excluding carboxylic acids is 1. The highest BCUT2D eigenvalue weighted by Crippen LogP contribution is 2.32. The Balaban J connectivity index is 2.11. The number of ether oxygens (including phenoxy) is 2. The quantitative estimate of drug-likeness (QED) is 0.845. The Kier molecular flexibility index (Phi) is 4.20. The summed E-state index contributed by atoms with van der Waals surface area (Å²) in [7, 11) is 0. The molecule has 2 rings (SSSR count). The number of alkyl halides is 1. The first kappa shape index (κ1) is 14.0. The number of halogens is 1. The summed E-state index contributed by atoms with van der Waals surface area (Å²) in [5.41, 5.74) is 0.286. The molecule has 0 bridgehead atoms. The van der Waals surface area contributed by atoms with E-state index in [2.05, 4.69) is 5.32 Å². The molecule has 19 heavy (non-hydrogen) atoms. The van der Waals surface area contributed by atoms with Crippen molar-refractivity contribution in [3.05, 3.63) is 23.8 Å². The molecule has 104 valence electrons. The summed E-state index contributed by atoms with van der Waals surface area (Å²) in [6.07, 6.45) is 1.57. The minimum absolute atomic E-state index is 0.118. The molecule has 0 aromatic heterocycles. The Labute approximate surface area is 118 Å². The molecule has 1 heterocycles. The minimum Gasteiger partial charge on any atom is -0.454 e. The van der Waals surface area contributed by atoms with Crippen molar-refractivity contribution in [1.29, 1.82) is 0 Å². The lowest BCUT2D eigenvalue weighted by atomic mass is 9.95. The van der Waals surface area contributed by atoms with Crippen LogP contribution < -0.4 is 14.8 Å². The number of hydrogen-bond donors (Lipinski definition) is 1. The molecule has 4 nitrogen and oxygen atoms in total. The molecule has 1 aliphatic rings. The zero-order valence-corrected chi connectivity index (χ0v) is 11.9. The summed E-state index contributed by atoms with van der Waals surface area (Å²) in [6, 6.07) is 5.19. The third kappa shape index (κ3) is 3.13. The average molecular weight is 284 g/mol. The lowest BCUT2D eigenvalue weighted by Gasteiger charge is -2.29. The van der Waals surface area contributed by atoms with Gasteiger partial charge in [0, 0.05) is 17.0 Å². The van der Waals surface area contributed by atoms with Crippen molar-refractivity contribution in [3.63, 3.8) is 0 Å². The second-order valence-electron chi connectivity index (χ2n) is 4.88. The van der Waals surface area contributed by atoms with E-state index in [0.29, 0.717) is 22.9 Å². The number of benzene rings is 1. The summed E-state index contributed by atoms with van der Waals surface area (Å²) >= 11 is 5.78. The highest BCUT2D eigenvalue weighted by atomic mass is 35.5. The zero-order chi connectivity index (χ0) is 13.9.